The first-order chi connectivity index (χ1) is 18.1. The van der Waals surface area contributed by atoms with Crippen molar-refractivity contribution in [2.75, 3.05) is 70.9 Å². The first-order valence-electron chi connectivity index (χ1n) is 13.8. The number of nitrogens with one attached hydrogen (secondary N) is 2. The predicted octanol–water partition coefficient (Wildman–Crippen LogP) is 4.39. The van der Waals surface area contributed by atoms with Crippen LogP contribution in [-0.2, 0) is 6.42 Å². The number of nitrogens with zero attached hydrogens (tertiary/aromatic N) is 3. The number of methoxy groups -OCH3 is 1. The van der Waals surface area contributed by atoms with Crippen molar-refractivity contribution in [2.45, 2.75) is 33.1 Å². The van der Waals surface area contributed by atoms with Crippen molar-refractivity contribution in [1.29, 1.82) is 0 Å². The molecule has 1 saturated heterocycles. The summed E-state index contributed by atoms with van der Waals surface area (Å²) >= 11 is 0. The SMILES string of the molecule is CCN(CC)CCNC(=O)c1ccc2[nH]cc(CCCCN3CCN(c4ccc(OC)cc4)CC3)c2c1. The molecule has 3 aromatic rings. The van der Waals surface area contributed by atoms with E-state index in [-0.39, 0.29) is 5.91 Å². The Kier molecular flexibility index (Phi) is 9.85. The number of anilines is 1. The average Bonchev–Trinajstić information content (AvgIpc) is 3.36. The van der Waals surface area contributed by atoms with Crippen molar-refractivity contribution in [3.63, 3.8) is 0 Å². The van der Waals surface area contributed by atoms with Crippen LogP contribution in [0.3, 0.4) is 0 Å². The van der Waals surface area contributed by atoms with Gasteiger partial charge in [0, 0.05) is 67.6 Å². The Labute approximate surface area is 221 Å². The second-order valence-corrected chi connectivity index (χ2v) is 9.84. The average molecular weight is 506 g/mol. The summed E-state index contributed by atoms with van der Waals surface area (Å²) in [6.07, 6.45) is 5.46. The molecule has 2 aromatic carbocycles. The number of piperazine rings is 1. The molecule has 200 valence electrons. The van der Waals surface area contributed by atoms with E-state index in [2.05, 4.69) is 57.2 Å². The summed E-state index contributed by atoms with van der Waals surface area (Å²) in [5, 5.41) is 4.25. The van der Waals surface area contributed by atoms with E-state index < -0.39 is 0 Å². The van der Waals surface area contributed by atoms with E-state index in [0.717, 1.165) is 82.0 Å². The van der Waals surface area contributed by atoms with Crippen LogP contribution in [0.15, 0.2) is 48.7 Å². The van der Waals surface area contributed by atoms with E-state index in [9.17, 15) is 4.79 Å². The molecule has 0 radical (unpaired) electrons. The van der Waals surface area contributed by atoms with E-state index in [0.29, 0.717) is 6.54 Å². The van der Waals surface area contributed by atoms with Gasteiger partial charge in [-0.1, -0.05) is 13.8 Å². The molecule has 0 bridgehead atoms. The van der Waals surface area contributed by atoms with Gasteiger partial charge in [-0.15, -0.1) is 0 Å². The first kappa shape index (κ1) is 27.0. The summed E-state index contributed by atoms with van der Waals surface area (Å²) in [5.41, 5.74) is 4.42. The zero-order chi connectivity index (χ0) is 26.0. The molecule has 7 nitrogen and oxygen atoms in total. The van der Waals surface area contributed by atoms with Crippen molar-refractivity contribution in [1.82, 2.24) is 20.1 Å². The molecule has 1 fully saturated rings. The van der Waals surface area contributed by atoms with Gasteiger partial charge < -0.3 is 24.8 Å². The third-order valence-electron chi connectivity index (χ3n) is 7.62. The van der Waals surface area contributed by atoms with Crippen molar-refractivity contribution in [3.05, 3.63) is 59.8 Å². The van der Waals surface area contributed by atoms with Gasteiger partial charge in [0.25, 0.3) is 5.91 Å². The van der Waals surface area contributed by atoms with Gasteiger partial charge in [-0.05, 0) is 86.9 Å². The van der Waals surface area contributed by atoms with Gasteiger partial charge in [-0.3, -0.25) is 9.69 Å². The van der Waals surface area contributed by atoms with Crippen LogP contribution in [0.5, 0.6) is 5.75 Å². The number of hydrogen-bond acceptors (Lipinski definition) is 5. The lowest BCUT2D eigenvalue weighted by Gasteiger charge is -2.36. The summed E-state index contributed by atoms with van der Waals surface area (Å²) in [7, 11) is 1.71. The smallest absolute Gasteiger partial charge is 0.251 e. The molecule has 0 atom stereocenters. The Morgan fingerprint density at radius 2 is 1.78 bits per heavy atom. The van der Waals surface area contributed by atoms with Crippen molar-refractivity contribution in [2.24, 2.45) is 0 Å². The fourth-order valence-corrected chi connectivity index (χ4v) is 5.17. The summed E-state index contributed by atoms with van der Waals surface area (Å²) in [6.45, 7) is 13.3. The lowest BCUT2D eigenvalue weighted by Crippen LogP contribution is -2.46. The third kappa shape index (κ3) is 7.27. The lowest BCUT2D eigenvalue weighted by atomic mass is 10.0. The number of ether oxygens (including phenoxy) is 1. The van der Waals surface area contributed by atoms with Gasteiger partial charge in [-0.25, -0.2) is 0 Å². The quantitative estimate of drug-likeness (QED) is 0.337. The minimum absolute atomic E-state index is 0.00925. The predicted molar refractivity (Wildman–Crippen MR) is 153 cm³/mol. The molecule has 2 N–H and O–H groups in total. The number of unbranched alkanes of at least 4 members (excludes halogenated alkanes) is 1. The van der Waals surface area contributed by atoms with Gasteiger partial charge in [0.2, 0.25) is 0 Å². The molecular formula is C30H43N5O2. The van der Waals surface area contributed by atoms with Crippen LogP contribution in [0.1, 0.15) is 42.6 Å². The maximum absolute atomic E-state index is 12.7. The highest BCUT2D eigenvalue weighted by Gasteiger charge is 2.17. The van der Waals surface area contributed by atoms with Crippen LogP contribution in [0.4, 0.5) is 5.69 Å². The molecule has 0 spiro atoms. The van der Waals surface area contributed by atoms with Crippen LogP contribution >= 0.6 is 0 Å². The molecule has 1 aromatic heterocycles. The summed E-state index contributed by atoms with van der Waals surface area (Å²) in [5.74, 6) is 0.915. The number of benzene rings is 2. The van der Waals surface area contributed by atoms with Crippen molar-refractivity contribution >= 4 is 22.5 Å². The maximum Gasteiger partial charge on any atom is 0.251 e. The number of fused-ring (bicyclic) bond motifs is 1. The number of likely N-dealkylation sites (N-methyl/N-ethyl adjacent to an activating group) is 1. The fraction of sp³-hybridized carbons (Fsp3) is 0.500. The van der Waals surface area contributed by atoms with Gasteiger partial charge in [0.1, 0.15) is 5.75 Å². The number of amides is 1. The van der Waals surface area contributed by atoms with E-state index in [1.54, 1.807) is 7.11 Å². The highest BCUT2D eigenvalue weighted by atomic mass is 16.5. The Bertz CT molecular complexity index is 1110. The first-order valence-corrected chi connectivity index (χ1v) is 13.8. The fourth-order valence-electron chi connectivity index (χ4n) is 5.17. The van der Waals surface area contributed by atoms with Crippen molar-refractivity contribution < 1.29 is 9.53 Å². The van der Waals surface area contributed by atoms with E-state index in [1.807, 2.05) is 30.3 Å². The highest BCUT2D eigenvalue weighted by Crippen LogP contribution is 2.23. The largest absolute Gasteiger partial charge is 0.497 e. The molecule has 7 heteroatoms. The maximum atomic E-state index is 12.7. The van der Waals surface area contributed by atoms with E-state index in [4.69, 9.17) is 4.74 Å². The van der Waals surface area contributed by atoms with E-state index in [1.165, 1.54) is 23.1 Å². The third-order valence-corrected chi connectivity index (χ3v) is 7.62. The molecule has 0 aliphatic carbocycles. The molecular weight excluding hydrogens is 462 g/mol. The van der Waals surface area contributed by atoms with E-state index >= 15 is 0 Å². The zero-order valence-corrected chi connectivity index (χ0v) is 22.8. The highest BCUT2D eigenvalue weighted by molar-refractivity contribution is 5.98. The number of aromatic amines is 1. The molecule has 4 rings (SSSR count). The Morgan fingerprint density at radius 1 is 1.03 bits per heavy atom. The zero-order valence-electron chi connectivity index (χ0n) is 22.8. The molecule has 1 aliphatic heterocycles. The van der Waals surface area contributed by atoms with Crippen LogP contribution in [0.25, 0.3) is 10.9 Å². The molecule has 2 heterocycles. The molecule has 1 amide bonds. The lowest BCUT2D eigenvalue weighted by molar-refractivity contribution is 0.0949. The van der Waals surface area contributed by atoms with Crippen molar-refractivity contribution in [3.8, 4) is 5.75 Å². The Balaban J connectivity index is 1.21. The number of hydrogen-bond donors (Lipinski definition) is 2. The molecule has 37 heavy (non-hydrogen) atoms. The minimum atomic E-state index is 0.00925. The molecule has 0 unspecified atom stereocenters. The van der Waals surface area contributed by atoms with Crippen LogP contribution in [0.2, 0.25) is 0 Å². The topological polar surface area (TPSA) is 63.8 Å². The molecule has 1 aliphatic rings. The van der Waals surface area contributed by atoms with Crippen LogP contribution < -0.4 is 15.0 Å². The van der Waals surface area contributed by atoms with Gasteiger partial charge in [0.05, 0.1) is 7.11 Å². The van der Waals surface area contributed by atoms with Gasteiger partial charge in [-0.2, -0.15) is 0 Å². The van der Waals surface area contributed by atoms with Crippen LogP contribution in [0, 0.1) is 0 Å². The second-order valence-electron chi connectivity index (χ2n) is 9.84. The number of carbonyl (C=O) groups is 1. The number of rotatable bonds is 13. The standard InChI is InChI=1S/C30H43N5O2/c1-4-33(5-2)17-15-31-30(36)24-9-14-29-28(22-24)25(23-32-29)8-6-7-16-34-18-20-35(21-19-34)26-10-12-27(37-3)13-11-26/h9-14,22-23,32H,4-8,15-21H2,1-3H3,(H,31,36). The van der Waals surface area contributed by atoms with Crippen LogP contribution in [-0.4, -0.2) is 86.7 Å². The number of carbonyl (C=O) groups excluding carboxylic acids is 1. The monoisotopic (exact) mass is 505 g/mol. The second kappa shape index (κ2) is 13.5. The number of aromatic nitrogens is 1. The number of H-pyrrole nitrogens is 1. The minimum Gasteiger partial charge on any atom is -0.497 e. The summed E-state index contributed by atoms with van der Waals surface area (Å²) < 4.78 is 5.28. The normalized spacial score (nSPS) is 14.4. The number of aryl methyl sites for hydroxylation is 1. The summed E-state index contributed by atoms with van der Waals surface area (Å²) in [6, 6.07) is 14.4. The van der Waals surface area contributed by atoms with Gasteiger partial charge in [0.15, 0.2) is 0 Å². The Hall–Kier alpha value is -3.03. The molecule has 0 saturated carbocycles. The van der Waals surface area contributed by atoms with Gasteiger partial charge >= 0.3 is 0 Å². The Morgan fingerprint density at radius 3 is 2.49 bits per heavy atom. The summed E-state index contributed by atoms with van der Waals surface area (Å²) in [4.78, 5) is 23.4.